The predicted molar refractivity (Wildman–Crippen MR) is 66.4 cm³/mol. The molecule has 6 nitrogen and oxygen atoms in total. The van der Waals surface area contributed by atoms with Crippen molar-refractivity contribution >= 4 is 40.5 Å². The third-order valence-electron chi connectivity index (χ3n) is 2.60. The highest BCUT2D eigenvalue weighted by Gasteiger charge is 2.33. The molecule has 1 aliphatic heterocycles. The van der Waals surface area contributed by atoms with E-state index in [1.807, 2.05) is 0 Å². The number of amides is 1. The van der Waals surface area contributed by atoms with E-state index < -0.39 is 16.4 Å². The number of phenols is 1. The second-order valence-corrected chi connectivity index (χ2v) is 4.91. The molecular formula is C10H8Cl2N2O4. The largest absolute Gasteiger partial charge is 0.501 e. The summed E-state index contributed by atoms with van der Waals surface area (Å²) in [6.45, 7) is 0.186. The second-order valence-electron chi connectivity index (χ2n) is 3.86. The van der Waals surface area contributed by atoms with Gasteiger partial charge in [0.1, 0.15) is 0 Å². The summed E-state index contributed by atoms with van der Waals surface area (Å²) < 4.78 is 0. The number of nitro groups is 1. The van der Waals surface area contributed by atoms with Crippen LogP contribution in [-0.4, -0.2) is 27.9 Å². The molecule has 0 radical (unpaired) electrons. The molecule has 0 saturated carbocycles. The van der Waals surface area contributed by atoms with Crippen LogP contribution >= 0.6 is 23.2 Å². The Hall–Kier alpha value is -1.53. The van der Waals surface area contributed by atoms with Crippen LogP contribution in [0.4, 0.5) is 11.4 Å². The number of hydrogen-bond donors (Lipinski definition) is 1. The minimum Gasteiger partial charge on any atom is -0.501 e. The number of rotatable bonds is 2. The summed E-state index contributed by atoms with van der Waals surface area (Å²) in [5.41, 5.74) is -0.523. The highest BCUT2D eigenvalue weighted by Crippen LogP contribution is 2.40. The Labute approximate surface area is 112 Å². The highest BCUT2D eigenvalue weighted by molar-refractivity contribution is 6.31. The Bertz CT molecular complexity index is 535. The molecule has 2 rings (SSSR count). The van der Waals surface area contributed by atoms with Gasteiger partial charge in [0.05, 0.1) is 16.0 Å². The van der Waals surface area contributed by atoms with Crippen LogP contribution in [0.15, 0.2) is 12.1 Å². The number of alkyl halides is 1. The van der Waals surface area contributed by atoms with Crippen LogP contribution in [0.25, 0.3) is 0 Å². The van der Waals surface area contributed by atoms with Gasteiger partial charge in [-0.25, -0.2) is 0 Å². The van der Waals surface area contributed by atoms with Crippen LogP contribution in [0.5, 0.6) is 5.75 Å². The number of carbonyl (C=O) groups is 1. The summed E-state index contributed by atoms with van der Waals surface area (Å²) in [6.07, 6.45) is 0.126. The van der Waals surface area contributed by atoms with Crippen molar-refractivity contribution in [3.63, 3.8) is 0 Å². The van der Waals surface area contributed by atoms with E-state index in [1.54, 1.807) is 0 Å². The first-order valence-electron chi connectivity index (χ1n) is 5.01. The minimum atomic E-state index is -0.760. The van der Waals surface area contributed by atoms with E-state index in [2.05, 4.69) is 0 Å². The standard InChI is InChI=1S/C10H8Cl2N2O4/c11-5-1-7(10(16)8(2-5)14(17)18)13-4-6(12)3-9(13)15/h1-2,6,16H,3-4H2. The molecule has 1 unspecified atom stereocenters. The second kappa shape index (κ2) is 4.62. The first-order chi connectivity index (χ1) is 8.40. The average Bonchev–Trinajstić information content (AvgIpc) is 2.60. The average molecular weight is 291 g/mol. The topological polar surface area (TPSA) is 83.7 Å². The molecule has 1 amide bonds. The van der Waals surface area contributed by atoms with Gasteiger partial charge in [0, 0.05) is 24.1 Å². The molecule has 1 N–H and O–H groups in total. The number of anilines is 1. The fourth-order valence-electron chi connectivity index (χ4n) is 1.81. The lowest BCUT2D eigenvalue weighted by atomic mass is 10.2. The first-order valence-corrected chi connectivity index (χ1v) is 5.83. The molecule has 1 saturated heterocycles. The van der Waals surface area contributed by atoms with Crippen molar-refractivity contribution in [2.45, 2.75) is 11.8 Å². The monoisotopic (exact) mass is 290 g/mol. The molecule has 0 aliphatic carbocycles. The van der Waals surface area contributed by atoms with Crippen molar-refractivity contribution in [1.29, 1.82) is 0 Å². The van der Waals surface area contributed by atoms with E-state index in [0.717, 1.165) is 6.07 Å². The van der Waals surface area contributed by atoms with Crippen molar-refractivity contribution in [2.75, 3.05) is 11.4 Å². The zero-order valence-electron chi connectivity index (χ0n) is 8.97. The molecule has 0 aromatic heterocycles. The van der Waals surface area contributed by atoms with Crippen molar-refractivity contribution in [1.82, 2.24) is 0 Å². The summed E-state index contributed by atoms with van der Waals surface area (Å²) in [5.74, 6) is -0.884. The van der Waals surface area contributed by atoms with E-state index in [-0.39, 0.29) is 35.0 Å². The smallest absolute Gasteiger partial charge is 0.314 e. The summed E-state index contributed by atoms with van der Waals surface area (Å²) in [7, 11) is 0. The van der Waals surface area contributed by atoms with Crippen LogP contribution in [0.3, 0.4) is 0 Å². The molecule has 1 aromatic rings. The Morgan fingerprint density at radius 1 is 1.50 bits per heavy atom. The number of benzene rings is 1. The molecule has 1 heterocycles. The molecule has 1 aliphatic rings. The van der Waals surface area contributed by atoms with Crippen molar-refractivity contribution in [2.24, 2.45) is 0 Å². The lowest BCUT2D eigenvalue weighted by molar-refractivity contribution is -0.385. The van der Waals surface area contributed by atoms with Crippen LogP contribution in [0.1, 0.15) is 6.42 Å². The van der Waals surface area contributed by atoms with Crippen molar-refractivity contribution < 1.29 is 14.8 Å². The van der Waals surface area contributed by atoms with E-state index in [0.29, 0.717) is 0 Å². The molecular weight excluding hydrogens is 283 g/mol. The number of halogens is 2. The number of nitro benzene ring substituents is 1. The van der Waals surface area contributed by atoms with E-state index >= 15 is 0 Å². The minimum absolute atomic E-state index is 0.0161. The Kier molecular flexibility index (Phi) is 3.32. The number of nitrogens with zero attached hydrogens (tertiary/aromatic N) is 2. The number of aromatic hydroxyl groups is 1. The van der Waals surface area contributed by atoms with Gasteiger partial charge in [-0.15, -0.1) is 11.6 Å². The lowest BCUT2D eigenvalue weighted by Gasteiger charge is -2.17. The van der Waals surface area contributed by atoms with Gasteiger partial charge < -0.3 is 10.0 Å². The van der Waals surface area contributed by atoms with Crippen molar-refractivity contribution in [3.05, 3.63) is 27.3 Å². The van der Waals surface area contributed by atoms with Gasteiger partial charge in [-0.1, -0.05) is 11.6 Å². The van der Waals surface area contributed by atoms with Gasteiger partial charge in [0.2, 0.25) is 11.7 Å². The van der Waals surface area contributed by atoms with E-state index in [4.69, 9.17) is 23.2 Å². The quantitative estimate of drug-likeness (QED) is 0.515. The van der Waals surface area contributed by atoms with Gasteiger partial charge in [0.25, 0.3) is 0 Å². The summed E-state index contributed by atoms with van der Waals surface area (Å²) in [4.78, 5) is 22.8. The SMILES string of the molecule is O=C1CC(Cl)CN1c1cc(Cl)cc([N+](=O)[O-])c1O. The molecule has 0 bridgehead atoms. The fourth-order valence-corrected chi connectivity index (χ4v) is 2.29. The summed E-state index contributed by atoms with van der Waals surface area (Å²) in [5, 5.41) is 20.2. The van der Waals surface area contributed by atoms with Crippen LogP contribution < -0.4 is 4.90 Å². The summed E-state index contributed by atoms with van der Waals surface area (Å²) in [6, 6.07) is 2.33. The molecule has 0 spiro atoms. The maximum Gasteiger partial charge on any atom is 0.314 e. The van der Waals surface area contributed by atoms with Gasteiger partial charge in [0.15, 0.2) is 0 Å². The normalized spacial score (nSPS) is 19.3. The maximum atomic E-state index is 11.6. The van der Waals surface area contributed by atoms with E-state index in [1.165, 1.54) is 11.0 Å². The van der Waals surface area contributed by atoms with Gasteiger partial charge in [-0.05, 0) is 6.07 Å². The molecule has 18 heavy (non-hydrogen) atoms. The summed E-state index contributed by atoms with van der Waals surface area (Å²) >= 11 is 11.6. The Morgan fingerprint density at radius 2 is 2.17 bits per heavy atom. The maximum absolute atomic E-state index is 11.6. The number of carbonyl (C=O) groups excluding carboxylic acids is 1. The van der Waals surface area contributed by atoms with Gasteiger partial charge in [-0.3, -0.25) is 14.9 Å². The molecule has 8 heteroatoms. The lowest BCUT2D eigenvalue weighted by Crippen LogP contribution is -2.24. The molecule has 1 aromatic carbocycles. The molecule has 1 fully saturated rings. The van der Waals surface area contributed by atoms with Crippen molar-refractivity contribution in [3.8, 4) is 5.75 Å². The van der Waals surface area contributed by atoms with Crippen LogP contribution in [0.2, 0.25) is 5.02 Å². The Balaban J connectivity index is 2.51. The van der Waals surface area contributed by atoms with Gasteiger partial charge in [-0.2, -0.15) is 0 Å². The Morgan fingerprint density at radius 3 is 2.67 bits per heavy atom. The van der Waals surface area contributed by atoms with E-state index in [9.17, 15) is 20.0 Å². The zero-order valence-corrected chi connectivity index (χ0v) is 10.5. The zero-order chi connectivity index (χ0) is 13.4. The molecule has 1 atom stereocenters. The number of phenolic OH excluding ortho intramolecular Hbond substituents is 1. The van der Waals surface area contributed by atoms with Crippen LogP contribution in [0, 0.1) is 10.1 Å². The third kappa shape index (κ3) is 2.21. The van der Waals surface area contributed by atoms with Gasteiger partial charge >= 0.3 is 5.69 Å². The number of hydrogen-bond acceptors (Lipinski definition) is 4. The fraction of sp³-hybridized carbons (Fsp3) is 0.300. The third-order valence-corrected chi connectivity index (χ3v) is 3.11. The van der Waals surface area contributed by atoms with Crippen LogP contribution in [-0.2, 0) is 4.79 Å². The predicted octanol–water partition coefficient (Wildman–Crippen LogP) is 2.30. The first kappa shape index (κ1) is 12.9. The molecule has 96 valence electrons. The highest BCUT2D eigenvalue weighted by atomic mass is 35.5.